The number of nitrogens with one attached hydrogen (secondary N) is 3. The maximum Gasteiger partial charge on any atom is 0.319 e. The van der Waals surface area contributed by atoms with E-state index in [9.17, 15) is 14.4 Å². The van der Waals surface area contributed by atoms with Gasteiger partial charge in [-0.2, -0.15) is 0 Å². The van der Waals surface area contributed by atoms with E-state index in [1.54, 1.807) is 36.4 Å². The number of para-hydroxylation sites is 1. The Balaban J connectivity index is 1.97. The summed E-state index contributed by atoms with van der Waals surface area (Å²) in [4.78, 5) is 35.7. The van der Waals surface area contributed by atoms with E-state index in [2.05, 4.69) is 16.0 Å². The first kappa shape index (κ1) is 20.0. The van der Waals surface area contributed by atoms with E-state index in [0.29, 0.717) is 11.4 Å². The van der Waals surface area contributed by atoms with Crippen LogP contribution >= 0.6 is 0 Å². The molecule has 1 atom stereocenters. The molecule has 0 aliphatic rings. The number of carbonyl (C=O) groups excluding carboxylic acids is 3. The Labute approximate surface area is 158 Å². The summed E-state index contributed by atoms with van der Waals surface area (Å²) in [5.41, 5.74) is 7.14. The number of urea groups is 1. The van der Waals surface area contributed by atoms with Gasteiger partial charge in [-0.15, -0.1) is 0 Å². The molecule has 27 heavy (non-hydrogen) atoms. The van der Waals surface area contributed by atoms with Gasteiger partial charge in [0, 0.05) is 11.4 Å². The molecule has 0 aliphatic heterocycles. The fourth-order valence-corrected chi connectivity index (χ4v) is 2.49. The van der Waals surface area contributed by atoms with Crippen molar-refractivity contribution < 1.29 is 14.4 Å². The second-order valence-corrected chi connectivity index (χ2v) is 6.52. The van der Waals surface area contributed by atoms with Crippen molar-refractivity contribution in [2.24, 2.45) is 11.7 Å². The molecule has 2 aromatic carbocycles. The number of hydrogen-bond acceptors (Lipinski definition) is 3. The first-order chi connectivity index (χ1) is 12.8. The monoisotopic (exact) mass is 368 g/mol. The number of benzene rings is 2. The van der Waals surface area contributed by atoms with Crippen molar-refractivity contribution in [2.45, 2.75) is 26.3 Å². The molecule has 1 unspecified atom stereocenters. The van der Waals surface area contributed by atoms with E-state index in [-0.39, 0.29) is 18.2 Å². The number of anilines is 2. The van der Waals surface area contributed by atoms with E-state index in [1.807, 2.05) is 32.0 Å². The number of primary amides is 1. The predicted molar refractivity (Wildman–Crippen MR) is 105 cm³/mol. The minimum Gasteiger partial charge on any atom is -0.369 e. The van der Waals surface area contributed by atoms with E-state index < -0.39 is 18.0 Å². The maximum absolute atomic E-state index is 12.6. The molecule has 0 aliphatic carbocycles. The number of amides is 4. The maximum atomic E-state index is 12.6. The van der Waals surface area contributed by atoms with E-state index in [0.717, 1.165) is 5.56 Å². The Kier molecular flexibility index (Phi) is 6.93. The van der Waals surface area contributed by atoms with Crippen molar-refractivity contribution >= 4 is 29.2 Å². The van der Waals surface area contributed by atoms with E-state index >= 15 is 0 Å². The molecule has 0 heterocycles. The summed E-state index contributed by atoms with van der Waals surface area (Å²) in [6.07, 6.45) is 0.143. The Hall–Kier alpha value is -3.35. The summed E-state index contributed by atoms with van der Waals surface area (Å²) in [5, 5.41) is 8.17. The van der Waals surface area contributed by atoms with Crippen LogP contribution in [0.2, 0.25) is 0 Å². The molecule has 7 nitrogen and oxygen atoms in total. The van der Waals surface area contributed by atoms with Crippen LogP contribution in [0.3, 0.4) is 0 Å². The second-order valence-electron chi connectivity index (χ2n) is 6.52. The van der Waals surface area contributed by atoms with Gasteiger partial charge in [0.15, 0.2) is 0 Å². The molecule has 0 saturated carbocycles. The van der Waals surface area contributed by atoms with Crippen LogP contribution in [0.25, 0.3) is 0 Å². The lowest BCUT2D eigenvalue weighted by Gasteiger charge is -2.22. The van der Waals surface area contributed by atoms with Crippen LogP contribution in [0.5, 0.6) is 0 Å². The first-order valence-electron chi connectivity index (χ1n) is 8.66. The van der Waals surface area contributed by atoms with Crippen LogP contribution in [-0.4, -0.2) is 23.9 Å². The molecule has 5 N–H and O–H groups in total. The molecule has 0 radical (unpaired) electrons. The van der Waals surface area contributed by atoms with E-state index in [1.165, 1.54) is 0 Å². The SMILES string of the molecule is CC(C)C(NC(=O)Nc1ccccc1)C(=O)Nc1ccc(CC(N)=O)cc1. The molecule has 142 valence electrons. The lowest BCUT2D eigenvalue weighted by molar-refractivity contribution is -0.119. The van der Waals surface area contributed by atoms with Crippen LogP contribution in [0, 0.1) is 5.92 Å². The highest BCUT2D eigenvalue weighted by molar-refractivity contribution is 5.99. The van der Waals surface area contributed by atoms with Gasteiger partial charge in [0.05, 0.1) is 6.42 Å². The standard InChI is InChI=1S/C20H24N4O3/c1-13(2)18(24-20(27)23-15-6-4-3-5-7-15)19(26)22-16-10-8-14(9-11-16)12-17(21)25/h3-11,13,18H,12H2,1-2H3,(H2,21,25)(H,22,26)(H2,23,24,27). The Morgan fingerprint density at radius 3 is 2.04 bits per heavy atom. The first-order valence-corrected chi connectivity index (χ1v) is 8.66. The van der Waals surface area contributed by atoms with Crippen molar-refractivity contribution in [1.29, 1.82) is 0 Å². The molecule has 2 aromatic rings. The Morgan fingerprint density at radius 2 is 1.48 bits per heavy atom. The summed E-state index contributed by atoms with van der Waals surface area (Å²) in [6, 6.07) is 14.7. The normalized spacial score (nSPS) is 11.5. The number of hydrogen-bond donors (Lipinski definition) is 4. The number of nitrogens with two attached hydrogens (primary N) is 1. The molecule has 0 fully saturated rings. The molecular weight excluding hydrogens is 344 g/mol. The van der Waals surface area contributed by atoms with Gasteiger partial charge in [0.25, 0.3) is 0 Å². The third-order valence-electron chi connectivity index (χ3n) is 3.87. The van der Waals surface area contributed by atoms with Gasteiger partial charge in [-0.3, -0.25) is 9.59 Å². The molecule has 2 rings (SSSR count). The fraction of sp³-hybridized carbons (Fsp3) is 0.250. The van der Waals surface area contributed by atoms with Crippen molar-refractivity contribution in [1.82, 2.24) is 5.32 Å². The van der Waals surface area contributed by atoms with Crippen molar-refractivity contribution in [2.75, 3.05) is 10.6 Å². The lowest BCUT2D eigenvalue weighted by Crippen LogP contribution is -2.48. The Morgan fingerprint density at radius 1 is 0.889 bits per heavy atom. The summed E-state index contributed by atoms with van der Waals surface area (Å²) >= 11 is 0. The van der Waals surface area contributed by atoms with Crippen molar-refractivity contribution in [3.05, 3.63) is 60.2 Å². The molecule has 0 aromatic heterocycles. The minimum absolute atomic E-state index is 0.111. The zero-order valence-corrected chi connectivity index (χ0v) is 15.4. The predicted octanol–water partition coefficient (Wildman–Crippen LogP) is 2.50. The summed E-state index contributed by atoms with van der Waals surface area (Å²) in [5.74, 6) is -0.850. The van der Waals surface area contributed by atoms with Gasteiger partial charge in [0.2, 0.25) is 11.8 Å². The second kappa shape index (κ2) is 9.38. The Bertz CT molecular complexity index is 789. The van der Waals surface area contributed by atoms with Gasteiger partial charge in [-0.05, 0) is 35.7 Å². The zero-order valence-electron chi connectivity index (χ0n) is 15.4. The summed E-state index contributed by atoms with van der Waals surface area (Å²) in [6.45, 7) is 3.70. The van der Waals surface area contributed by atoms with Gasteiger partial charge in [0.1, 0.15) is 6.04 Å². The van der Waals surface area contributed by atoms with Crippen molar-refractivity contribution in [3.8, 4) is 0 Å². The number of carbonyl (C=O) groups is 3. The van der Waals surface area contributed by atoms with Crippen LogP contribution < -0.4 is 21.7 Å². The summed E-state index contributed by atoms with van der Waals surface area (Å²) in [7, 11) is 0. The highest BCUT2D eigenvalue weighted by Crippen LogP contribution is 2.13. The highest BCUT2D eigenvalue weighted by Gasteiger charge is 2.24. The van der Waals surface area contributed by atoms with Crippen molar-refractivity contribution in [3.63, 3.8) is 0 Å². The van der Waals surface area contributed by atoms with Crippen LogP contribution in [0.4, 0.5) is 16.2 Å². The molecular formula is C20H24N4O3. The average molecular weight is 368 g/mol. The summed E-state index contributed by atoms with van der Waals surface area (Å²) < 4.78 is 0. The topological polar surface area (TPSA) is 113 Å². The van der Waals surface area contributed by atoms with Crippen LogP contribution in [0.1, 0.15) is 19.4 Å². The smallest absolute Gasteiger partial charge is 0.319 e. The lowest BCUT2D eigenvalue weighted by atomic mass is 10.0. The highest BCUT2D eigenvalue weighted by atomic mass is 16.2. The minimum atomic E-state index is -0.709. The van der Waals surface area contributed by atoms with E-state index in [4.69, 9.17) is 5.73 Å². The number of rotatable bonds is 7. The molecule has 7 heteroatoms. The quantitative estimate of drug-likeness (QED) is 0.602. The average Bonchev–Trinajstić information content (AvgIpc) is 2.61. The van der Waals surface area contributed by atoms with Crippen LogP contribution in [0.15, 0.2) is 54.6 Å². The fourth-order valence-electron chi connectivity index (χ4n) is 2.49. The largest absolute Gasteiger partial charge is 0.369 e. The zero-order chi connectivity index (χ0) is 19.8. The van der Waals surface area contributed by atoms with Crippen LogP contribution in [-0.2, 0) is 16.0 Å². The van der Waals surface area contributed by atoms with Gasteiger partial charge >= 0.3 is 6.03 Å². The van der Waals surface area contributed by atoms with Gasteiger partial charge < -0.3 is 21.7 Å². The molecule has 0 saturated heterocycles. The molecule has 4 amide bonds. The third kappa shape index (κ3) is 6.47. The molecule has 0 spiro atoms. The van der Waals surface area contributed by atoms with Gasteiger partial charge in [-0.1, -0.05) is 44.2 Å². The third-order valence-corrected chi connectivity index (χ3v) is 3.87. The van der Waals surface area contributed by atoms with Gasteiger partial charge in [-0.25, -0.2) is 4.79 Å². The molecule has 0 bridgehead atoms.